The predicted octanol–water partition coefficient (Wildman–Crippen LogP) is 0.727. The molecular formula is C17H26N2O5. The smallest absolute Gasteiger partial charge is 0.306 e. The first kappa shape index (κ1) is 17.2. The van der Waals surface area contributed by atoms with Gasteiger partial charge in [0.2, 0.25) is 5.91 Å². The molecule has 0 aromatic heterocycles. The molecule has 3 unspecified atom stereocenters. The van der Waals surface area contributed by atoms with Crippen molar-refractivity contribution in [3.05, 3.63) is 0 Å². The van der Waals surface area contributed by atoms with Crippen LogP contribution in [0, 0.1) is 11.8 Å². The summed E-state index contributed by atoms with van der Waals surface area (Å²) in [7, 11) is 0. The fourth-order valence-corrected chi connectivity index (χ4v) is 4.02. The van der Waals surface area contributed by atoms with E-state index in [1.165, 1.54) is 0 Å². The standard InChI is InChI=1S/C17H26N2O5/c20-15(12-3-1-4-13(11-12)17(22)23)18-6-8-19(9-7-18)16(21)14-5-2-10-24-14/h12-14H,1-11H2,(H,22,23). The second-order valence-corrected chi connectivity index (χ2v) is 7.05. The van der Waals surface area contributed by atoms with E-state index in [4.69, 9.17) is 9.84 Å². The number of carbonyl (C=O) groups excluding carboxylic acids is 2. The van der Waals surface area contributed by atoms with E-state index in [9.17, 15) is 14.4 Å². The Kier molecular flexibility index (Phi) is 5.38. The van der Waals surface area contributed by atoms with Gasteiger partial charge in [-0.25, -0.2) is 0 Å². The van der Waals surface area contributed by atoms with Crippen molar-refractivity contribution in [3.8, 4) is 0 Å². The molecule has 0 bridgehead atoms. The van der Waals surface area contributed by atoms with Crippen LogP contribution in [0.15, 0.2) is 0 Å². The third-order valence-electron chi connectivity index (χ3n) is 5.48. The monoisotopic (exact) mass is 338 g/mol. The summed E-state index contributed by atoms with van der Waals surface area (Å²) in [4.78, 5) is 39.7. The van der Waals surface area contributed by atoms with Crippen molar-refractivity contribution in [1.82, 2.24) is 9.80 Å². The number of hydrogen-bond donors (Lipinski definition) is 1. The Bertz CT molecular complexity index is 495. The molecule has 134 valence electrons. The zero-order valence-electron chi connectivity index (χ0n) is 14.0. The molecule has 3 aliphatic rings. The summed E-state index contributed by atoms with van der Waals surface area (Å²) >= 11 is 0. The zero-order valence-corrected chi connectivity index (χ0v) is 14.0. The van der Waals surface area contributed by atoms with Crippen molar-refractivity contribution >= 4 is 17.8 Å². The second kappa shape index (κ2) is 7.51. The van der Waals surface area contributed by atoms with Crippen molar-refractivity contribution < 1.29 is 24.2 Å². The highest BCUT2D eigenvalue weighted by Crippen LogP contribution is 2.31. The molecule has 1 aliphatic carbocycles. The van der Waals surface area contributed by atoms with Crippen LogP contribution in [0.25, 0.3) is 0 Å². The molecule has 2 heterocycles. The lowest BCUT2D eigenvalue weighted by molar-refractivity contribution is -0.149. The molecule has 2 aliphatic heterocycles. The molecule has 0 spiro atoms. The van der Waals surface area contributed by atoms with Gasteiger partial charge in [0.15, 0.2) is 0 Å². The first-order chi connectivity index (χ1) is 11.6. The fraction of sp³-hybridized carbons (Fsp3) is 0.824. The van der Waals surface area contributed by atoms with Crippen molar-refractivity contribution in [3.63, 3.8) is 0 Å². The third-order valence-corrected chi connectivity index (χ3v) is 5.48. The highest BCUT2D eigenvalue weighted by atomic mass is 16.5. The third kappa shape index (κ3) is 3.71. The van der Waals surface area contributed by atoms with Gasteiger partial charge in [0.25, 0.3) is 5.91 Å². The van der Waals surface area contributed by atoms with Gasteiger partial charge in [0, 0.05) is 38.7 Å². The van der Waals surface area contributed by atoms with E-state index in [1.807, 2.05) is 0 Å². The number of carboxylic acid groups (broad SMARTS) is 1. The van der Waals surface area contributed by atoms with Gasteiger partial charge in [-0.1, -0.05) is 6.42 Å². The van der Waals surface area contributed by atoms with E-state index >= 15 is 0 Å². The maximum Gasteiger partial charge on any atom is 0.306 e. The number of carbonyl (C=O) groups is 3. The Balaban J connectivity index is 1.49. The molecule has 0 aromatic carbocycles. The summed E-state index contributed by atoms with van der Waals surface area (Å²) in [5.74, 6) is -1.26. The Labute approximate surface area is 141 Å². The number of hydrogen-bond acceptors (Lipinski definition) is 4. The summed E-state index contributed by atoms with van der Waals surface area (Å²) < 4.78 is 5.44. The van der Waals surface area contributed by atoms with Crippen LogP contribution in [-0.4, -0.2) is 71.6 Å². The Morgan fingerprint density at radius 3 is 2.04 bits per heavy atom. The van der Waals surface area contributed by atoms with Gasteiger partial charge in [-0.2, -0.15) is 0 Å². The average Bonchev–Trinajstić information content (AvgIpc) is 3.15. The molecule has 2 amide bonds. The maximum atomic E-state index is 12.7. The minimum Gasteiger partial charge on any atom is -0.481 e. The zero-order chi connectivity index (χ0) is 17.1. The van der Waals surface area contributed by atoms with Crippen LogP contribution in [0.3, 0.4) is 0 Å². The van der Waals surface area contributed by atoms with Gasteiger partial charge in [0.1, 0.15) is 6.10 Å². The van der Waals surface area contributed by atoms with Gasteiger partial charge in [-0.15, -0.1) is 0 Å². The largest absolute Gasteiger partial charge is 0.481 e. The van der Waals surface area contributed by atoms with Crippen LogP contribution in [0.2, 0.25) is 0 Å². The van der Waals surface area contributed by atoms with Crippen LogP contribution < -0.4 is 0 Å². The molecule has 0 aromatic rings. The Morgan fingerprint density at radius 1 is 0.833 bits per heavy atom. The van der Waals surface area contributed by atoms with Crippen molar-refractivity contribution in [2.75, 3.05) is 32.8 Å². The number of amides is 2. The van der Waals surface area contributed by atoms with E-state index < -0.39 is 11.9 Å². The molecule has 3 atom stereocenters. The topological polar surface area (TPSA) is 87.2 Å². The molecule has 2 saturated heterocycles. The van der Waals surface area contributed by atoms with Crippen LogP contribution in [-0.2, 0) is 19.1 Å². The van der Waals surface area contributed by atoms with Gasteiger partial charge in [0.05, 0.1) is 5.92 Å². The van der Waals surface area contributed by atoms with E-state index in [-0.39, 0.29) is 23.8 Å². The molecule has 3 rings (SSSR count). The summed E-state index contributed by atoms with van der Waals surface area (Å²) in [6.45, 7) is 2.80. The molecule has 0 radical (unpaired) electrons. The lowest BCUT2D eigenvalue weighted by atomic mass is 9.80. The molecule has 3 fully saturated rings. The quantitative estimate of drug-likeness (QED) is 0.820. The minimum absolute atomic E-state index is 0.0446. The van der Waals surface area contributed by atoms with E-state index in [2.05, 4.69) is 0 Å². The lowest BCUT2D eigenvalue weighted by Crippen LogP contribution is -2.54. The number of aliphatic carboxylic acids is 1. The van der Waals surface area contributed by atoms with Crippen molar-refractivity contribution in [1.29, 1.82) is 0 Å². The summed E-state index contributed by atoms with van der Waals surface area (Å²) in [6.07, 6.45) is 4.11. The molecule has 7 nitrogen and oxygen atoms in total. The number of ether oxygens (including phenoxy) is 1. The predicted molar refractivity (Wildman–Crippen MR) is 85.2 cm³/mol. The molecule has 1 N–H and O–H groups in total. The molecular weight excluding hydrogens is 312 g/mol. The van der Waals surface area contributed by atoms with Crippen LogP contribution in [0.5, 0.6) is 0 Å². The second-order valence-electron chi connectivity index (χ2n) is 7.05. The number of nitrogens with zero attached hydrogens (tertiary/aromatic N) is 2. The van der Waals surface area contributed by atoms with Gasteiger partial charge < -0.3 is 19.6 Å². The van der Waals surface area contributed by atoms with Gasteiger partial charge >= 0.3 is 5.97 Å². The Morgan fingerprint density at radius 2 is 1.46 bits per heavy atom. The maximum absolute atomic E-state index is 12.7. The highest BCUT2D eigenvalue weighted by molar-refractivity contribution is 5.83. The molecule has 1 saturated carbocycles. The first-order valence-electron chi connectivity index (χ1n) is 8.98. The number of piperazine rings is 1. The van der Waals surface area contributed by atoms with Gasteiger partial charge in [-0.3, -0.25) is 14.4 Å². The SMILES string of the molecule is O=C(O)C1CCCC(C(=O)N2CCN(C(=O)C3CCCO3)CC2)C1. The number of rotatable bonds is 3. The summed E-state index contributed by atoms with van der Waals surface area (Å²) in [6, 6.07) is 0. The summed E-state index contributed by atoms with van der Waals surface area (Å²) in [5, 5.41) is 9.17. The van der Waals surface area contributed by atoms with Crippen LogP contribution >= 0.6 is 0 Å². The highest BCUT2D eigenvalue weighted by Gasteiger charge is 2.36. The van der Waals surface area contributed by atoms with Crippen LogP contribution in [0.4, 0.5) is 0 Å². The average molecular weight is 338 g/mol. The molecule has 7 heteroatoms. The normalized spacial score (nSPS) is 31.1. The summed E-state index contributed by atoms with van der Waals surface area (Å²) in [5.41, 5.74) is 0. The van der Waals surface area contributed by atoms with Crippen LogP contribution in [0.1, 0.15) is 38.5 Å². The minimum atomic E-state index is -0.792. The lowest BCUT2D eigenvalue weighted by Gasteiger charge is -2.38. The van der Waals surface area contributed by atoms with Crippen molar-refractivity contribution in [2.24, 2.45) is 11.8 Å². The van der Waals surface area contributed by atoms with Gasteiger partial charge in [-0.05, 0) is 32.1 Å². The van der Waals surface area contributed by atoms with E-state index in [0.29, 0.717) is 45.6 Å². The first-order valence-corrected chi connectivity index (χ1v) is 8.98. The van der Waals surface area contributed by atoms with E-state index in [1.54, 1.807) is 9.80 Å². The Hall–Kier alpha value is -1.63. The fourth-order valence-electron chi connectivity index (χ4n) is 4.02. The molecule has 24 heavy (non-hydrogen) atoms. The number of carboxylic acids is 1. The van der Waals surface area contributed by atoms with Crippen molar-refractivity contribution in [2.45, 2.75) is 44.6 Å². The van der Waals surface area contributed by atoms with E-state index in [0.717, 1.165) is 25.7 Å².